The predicted molar refractivity (Wildman–Crippen MR) is 84.8 cm³/mol. The fourth-order valence-corrected chi connectivity index (χ4v) is 2.79. The van der Waals surface area contributed by atoms with E-state index in [-0.39, 0.29) is 0 Å². The standard InChI is InChI=1S/C17H16O3S/c1-14-7-9-16(10-8-14)17(18)13-21(19,20)12-11-15-5-3-2-4-6-15/h2-12H,13H2,1H3/b12-11+. The average molecular weight is 300 g/mol. The van der Waals surface area contributed by atoms with Crippen molar-refractivity contribution in [3.05, 3.63) is 76.7 Å². The smallest absolute Gasteiger partial charge is 0.179 e. The van der Waals surface area contributed by atoms with Crippen molar-refractivity contribution < 1.29 is 13.2 Å². The number of Topliss-reactive ketones (excluding diaryl/α,β-unsaturated/α-hetero) is 1. The van der Waals surface area contributed by atoms with Crippen LogP contribution in [0.4, 0.5) is 0 Å². The molecule has 0 aromatic heterocycles. The van der Waals surface area contributed by atoms with E-state index in [2.05, 4.69) is 0 Å². The SMILES string of the molecule is Cc1ccc(C(=O)CS(=O)(=O)/C=C/c2ccccc2)cc1. The molecule has 0 saturated heterocycles. The summed E-state index contributed by atoms with van der Waals surface area (Å²) < 4.78 is 23.9. The van der Waals surface area contributed by atoms with Gasteiger partial charge < -0.3 is 0 Å². The first-order valence-corrected chi connectivity index (χ1v) is 8.23. The van der Waals surface area contributed by atoms with Gasteiger partial charge in [0.1, 0.15) is 5.75 Å². The van der Waals surface area contributed by atoms with E-state index in [9.17, 15) is 13.2 Å². The lowest BCUT2D eigenvalue weighted by Crippen LogP contribution is -2.13. The molecule has 0 aliphatic carbocycles. The summed E-state index contributed by atoms with van der Waals surface area (Å²) in [5.74, 6) is -0.910. The summed E-state index contributed by atoms with van der Waals surface area (Å²) in [5.41, 5.74) is 2.22. The second-order valence-electron chi connectivity index (χ2n) is 4.81. The molecule has 4 heteroatoms. The van der Waals surface area contributed by atoms with Gasteiger partial charge in [0.25, 0.3) is 0 Å². The molecule has 0 N–H and O–H groups in total. The summed E-state index contributed by atoms with van der Waals surface area (Å²) in [4.78, 5) is 12.0. The molecule has 0 fully saturated rings. The van der Waals surface area contributed by atoms with Crippen LogP contribution in [0.15, 0.2) is 60.0 Å². The molecule has 0 spiro atoms. The van der Waals surface area contributed by atoms with E-state index in [0.717, 1.165) is 16.5 Å². The molecule has 0 unspecified atom stereocenters. The molecule has 2 rings (SSSR count). The van der Waals surface area contributed by atoms with Gasteiger partial charge in [-0.25, -0.2) is 8.42 Å². The van der Waals surface area contributed by atoms with Crippen LogP contribution in [-0.2, 0) is 9.84 Å². The number of rotatable bonds is 5. The number of carbonyl (C=O) groups is 1. The Morgan fingerprint density at radius 1 is 1.00 bits per heavy atom. The Morgan fingerprint density at radius 3 is 2.24 bits per heavy atom. The fraction of sp³-hybridized carbons (Fsp3) is 0.118. The Labute approximate surface area is 124 Å². The minimum atomic E-state index is -3.57. The average Bonchev–Trinajstić information content (AvgIpc) is 2.46. The molecule has 0 aliphatic rings. The van der Waals surface area contributed by atoms with Crippen LogP contribution >= 0.6 is 0 Å². The first-order valence-electron chi connectivity index (χ1n) is 6.52. The van der Waals surface area contributed by atoms with Gasteiger partial charge in [-0.2, -0.15) is 0 Å². The zero-order valence-corrected chi connectivity index (χ0v) is 12.5. The minimum Gasteiger partial charge on any atom is -0.293 e. The first kappa shape index (κ1) is 15.2. The molecule has 108 valence electrons. The van der Waals surface area contributed by atoms with Crippen molar-refractivity contribution in [3.8, 4) is 0 Å². The molecular weight excluding hydrogens is 284 g/mol. The van der Waals surface area contributed by atoms with Crippen LogP contribution in [0.1, 0.15) is 21.5 Å². The van der Waals surface area contributed by atoms with Crippen LogP contribution in [0.25, 0.3) is 6.08 Å². The van der Waals surface area contributed by atoms with E-state index in [1.807, 2.05) is 25.1 Å². The highest BCUT2D eigenvalue weighted by molar-refractivity contribution is 7.95. The van der Waals surface area contributed by atoms with E-state index < -0.39 is 21.4 Å². The van der Waals surface area contributed by atoms with Crippen molar-refractivity contribution in [3.63, 3.8) is 0 Å². The maximum absolute atomic E-state index is 12.0. The van der Waals surface area contributed by atoms with Gasteiger partial charge >= 0.3 is 0 Å². The number of ketones is 1. The fourth-order valence-electron chi connectivity index (χ4n) is 1.80. The van der Waals surface area contributed by atoms with Crippen LogP contribution in [0.3, 0.4) is 0 Å². The van der Waals surface area contributed by atoms with Crippen LogP contribution in [0, 0.1) is 6.92 Å². The van der Waals surface area contributed by atoms with Crippen LogP contribution in [-0.4, -0.2) is 20.0 Å². The van der Waals surface area contributed by atoms with Crippen molar-refractivity contribution in [2.24, 2.45) is 0 Å². The number of hydrogen-bond donors (Lipinski definition) is 0. The molecule has 2 aromatic carbocycles. The van der Waals surface area contributed by atoms with Crippen molar-refractivity contribution >= 4 is 21.7 Å². The highest BCUT2D eigenvalue weighted by Crippen LogP contribution is 2.08. The van der Waals surface area contributed by atoms with Crippen LogP contribution in [0.5, 0.6) is 0 Å². The zero-order chi connectivity index (χ0) is 15.3. The monoisotopic (exact) mass is 300 g/mol. The molecule has 3 nitrogen and oxygen atoms in total. The van der Waals surface area contributed by atoms with Gasteiger partial charge in [-0.05, 0) is 18.6 Å². The second kappa shape index (κ2) is 6.50. The molecule has 21 heavy (non-hydrogen) atoms. The lowest BCUT2D eigenvalue weighted by molar-refractivity contribution is 0.102. The first-order chi connectivity index (χ1) is 9.96. The molecule has 0 saturated carbocycles. The summed E-state index contributed by atoms with van der Waals surface area (Å²) in [6.07, 6.45) is 1.50. The Balaban J connectivity index is 2.09. The molecular formula is C17H16O3S. The minimum absolute atomic E-state index is 0.396. The molecule has 0 atom stereocenters. The van der Waals surface area contributed by atoms with E-state index >= 15 is 0 Å². The number of carbonyl (C=O) groups excluding carboxylic acids is 1. The molecule has 0 amide bonds. The highest BCUT2D eigenvalue weighted by atomic mass is 32.2. The Bertz CT molecular complexity index is 742. The van der Waals surface area contributed by atoms with Gasteiger partial charge in [0.2, 0.25) is 0 Å². The largest absolute Gasteiger partial charge is 0.293 e. The lowest BCUT2D eigenvalue weighted by atomic mass is 10.1. The van der Waals surface area contributed by atoms with Gasteiger partial charge in [0.15, 0.2) is 15.6 Å². The maximum Gasteiger partial charge on any atom is 0.179 e. The van der Waals surface area contributed by atoms with Crippen LogP contribution < -0.4 is 0 Å². The van der Waals surface area contributed by atoms with E-state index in [1.165, 1.54) is 6.08 Å². The predicted octanol–water partition coefficient (Wildman–Crippen LogP) is 3.26. The molecule has 0 aliphatic heterocycles. The lowest BCUT2D eigenvalue weighted by Gasteiger charge is -2.01. The van der Waals surface area contributed by atoms with Crippen molar-refractivity contribution in [1.82, 2.24) is 0 Å². The topological polar surface area (TPSA) is 51.2 Å². The van der Waals surface area contributed by atoms with E-state index in [0.29, 0.717) is 5.56 Å². The van der Waals surface area contributed by atoms with Gasteiger partial charge in [-0.3, -0.25) is 4.79 Å². The van der Waals surface area contributed by atoms with Gasteiger partial charge in [0, 0.05) is 11.0 Å². The molecule has 0 radical (unpaired) electrons. The third-order valence-corrected chi connectivity index (χ3v) is 4.19. The third kappa shape index (κ3) is 4.68. The molecule has 0 bridgehead atoms. The van der Waals surface area contributed by atoms with Crippen molar-refractivity contribution in [1.29, 1.82) is 0 Å². The van der Waals surface area contributed by atoms with Gasteiger partial charge in [-0.15, -0.1) is 0 Å². The number of benzene rings is 2. The van der Waals surface area contributed by atoms with E-state index in [4.69, 9.17) is 0 Å². The Kier molecular flexibility index (Phi) is 4.70. The van der Waals surface area contributed by atoms with Gasteiger partial charge in [0.05, 0.1) is 0 Å². The summed E-state index contributed by atoms with van der Waals surface area (Å²) in [7, 11) is -3.57. The quantitative estimate of drug-likeness (QED) is 0.796. The van der Waals surface area contributed by atoms with Crippen LogP contribution in [0.2, 0.25) is 0 Å². The summed E-state index contributed by atoms with van der Waals surface area (Å²) >= 11 is 0. The molecule has 0 heterocycles. The normalized spacial score (nSPS) is 11.7. The molecule has 2 aromatic rings. The summed E-state index contributed by atoms with van der Waals surface area (Å²) in [6.45, 7) is 1.91. The summed E-state index contributed by atoms with van der Waals surface area (Å²) in [6, 6.07) is 16.0. The summed E-state index contributed by atoms with van der Waals surface area (Å²) in [5, 5.41) is 1.09. The number of hydrogen-bond acceptors (Lipinski definition) is 3. The number of aryl methyl sites for hydroxylation is 1. The van der Waals surface area contributed by atoms with Crippen molar-refractivity contribution in [2.75, 3.05) is 5.75 Å². The highest BCUT2D eigenvalue weighted by Gasteiger charge is 2.15. The van der Waals surface area contributed by atoms with E-state index in [1.54, 1.807) is 36.4 Å². The third-order valence-electron chi connectivity index (χ3n) is 2.97. The zero-order valence-electron chi connectivity index (χ0n) is 11.7. The second-order valence-corrected chi connectivity index (χ2v) is 6.70. The van der Waals surface area contributed by atoms with Gasteiger partial charge in [-0.1, -0.05) is 60.2 Å². The Hall–Kier alpha value is -2.20. The van der Waals surface area contributed by atoms with Crippen molar-refractivity contribution in [2.45, 2.75) is 6.92 Å². The Morgan fingerprint density at radius 2 is 1.62 bits per heavy atom. The number of sulfone groups is 1. The maximum atomic E-state index is 12.0.